The summed E-state index contributed by atoms with van der Waals surface area (Å²) in [6, 6.07) is 0. The van der Waals surface area contributed by atoms with E-state index in [1.165, 1.54) is 23.8 Å². The molecule has 2 amide bonds. The summed E-state index contributed by atoms with van der Waals surface area (Å²) in [5.41, 5.74) is 6.05. The lowest BCUT2D eigenvalue weighted by molar-refractivity contribution is -0.152. The zero-order valence-electron chi connectivity index (χ0n) is 16.9. The number of oxime groups is 1. The number of hydrogen-bond donors (Lipinski definition) is 3. The summed E-state index contributed by atoms with van der Waals surface area (Å²) < 4.78 is 10.6. The van der Waals surface area contributed by atoms with Crippen LogP contribution in [0.5, 0.6) is 0 Å². The summed E-state index contributed by atoms with van der Waals surface area (Å²) in [4.78, 5) is 47.0. The number of aromatic nitrogens is 1. The summed E-state index contributed by atoms with van der Waals surface area (Å²) in [5.74, 6) is -2.18. The number of nitrogens with zero attached hydrogens (tertiary/aromatic N) is 3. The second-order valence-corrected chi connectivity index (χ2v) is 9.76. The zero-order valence-corrected chi connectivity index (χ0v) is 19.3. The fraction of sp³-hybridized carbons (Fsp3) is 0.471. The van der Waals surface area contributed by atoms with E-state index in [0.29, 0.717) is 11.3 Å². The van der Waals surface area contributed by atoms with E-state index in [2.05, 4.69) is 15.5 Å². The minimum Gasteiger partial charge on any atom is -0.477 e. The van der Waals surface area contributed by atoms with Gasteiger partial charge in [-0.3, -0.25) is 14.5 Å². The number of fused-ring (bicyclic) bond motifs is 1. The Morgan fingerprint density at radius 1 is 1.53 bits per heavy atom. The quantitative estimate of drug-likeness (QED) is 0.197. The maximum absolute atomic E-state index is 13.3. The number of anilines is 1. The number of thioether (sulfide) groups is 2. The maximum atomic E-state index is 13.3. The van der Waals surface area contributed by atoms with E-state index in [1.807, 2.05) is 0 Å². The van der Waals surface area contributed by atoms with Crippen LogP contribution < -0.4 is 11.1 Å². The minimum absolute atomic E-state index is 0.0661. The van der Waals surface area contributed by atoms with E-state index < -0.39 is 34.1 Å². The molecule has 2 unspecified atom stereocenters. The van der Waals surface area contributed by atoms with Gasteiger partial charge in [-0.15, -0.1) is 34.9 Å². The Morgan fingerprint density at radius 2 is 2.31 bits per heavy atom. The second kappa shape index (κ2) is 8.90. The van der Waals surface area contributed by atoms with Gasteiger partial charge in [0, 0.05) is 16.7 Å². The number of amides is 2. The molecule has 0 aromatic carbocycles. The highest BCUT2D eigenvalue weighted by molar-refractivity contribution is 8.05. The number of thiazole rings is 1. The number of ether oxygens (including phenoxy) is 2. The molecule has 2 fully saturated rings. The van der Waals surface area contributed by atoms with Crippen LogP contribution in [0.4, 0.5) is 5.13 Å². The highest BCUT2D eigenvalue weighted by Crippen LogP contribution is 2.51. The predicted molar refractivity (Wildman–Crippen MR) is 118 cm³/mol. The van der Waals surface area contributed by atoms with E-state index in [0.717, 1.165) is 23.1 Å². The molecule has 4 heterocycles. The Kier molecular flexibility index (Phi) is 6.35. The molecule has 12 nitrogen and oxygen atoms in total. The van der Waals surface area contributed by atoms with Crippen molar-refractivity contribution in [3.05, 3.63) is 22.3 Å². The first-order chi connectivity index (χ1) is 15.3. The molecule has 172 valence electrons. The van der Waals surface area contributed by atoms with Gasteiger partial charge in [-0.1, -0.05) is 5.16 Å². The number of carbonyl (C=O) groups is 3. The summed E-state index contributed by atoms with van der Waals surface area (Å²) in [6.45, 7) is 0.286. The smallest absolute Gasteiger partial charge is 0.352 e. The molecule has 0 aliphatic carbocycles. The van der Waals surface area contributed by atoms with Crippen molar-refractivity contribution in [2.75, 3.05) is 38.3 Å². The molecule has 0 radical (unpaired) electrons. The number of hydrogen-bond acceptors (Lipinski definition) is 12. The van der Waals surface area contributed by atoms with Crippen LogP contribution in [0, 0.1) is 0 Å². The monoisotopic (exact) mass is 501 g/mol. The highest BCUT2D eigenvalue weighted by atomic mass is 32.2. The third-order valence-electron chi connectivity index (χ3n) is 5.06. The fourth-order valence-electron chi connectivity index (χ4n) is 3.60. The van der Waals surface area contributed by atoms with Crippen molar-refractivity contribution in [2.24, 2.45) is 5.16 Å². The average molecular weight is 502 g/mol. The second-order valence-electron chi connectivity index (χ2n) is 6.75. The lowest BCUT2D eigenvalue weighted by Gasteiger charge is -2.56. The van der Waals surface area contributed by atoms with Crippen molar-refractivity contribution in [3.8, 4) is 0 Å². The topological polar surface area (TPSA) is 166 Å². The van der Waals surface area contributed by atoms with Crippen molar-refractivity contribution in [1.82, 2.24) is 15.2 Å². The molecule has 3 atom stereocenters. The fourth-order valence-corrected chi connectivity index (χ4v) is 6.82. The molecule has 1 aromatic heterocycles. The zero-order chi connectivity index (χ0) is 23.0. The van der Waals surface area contributed by atoms with Gasteiger partial charge in [-0.2, -0.15) is 0 Å². The Balaban J connectivity index is 1.63. The molecule has 0 bridgehead atoms. The normalized spacial score (nSPS) is 27.8. The van der Waals surface area contributed by atoms with Crippen LogP contribution in [0.3, 0.4) is 0 Å². The van der Waals surface area contributed by atoms with E-state index in [-0.39, 0.29) is 35.6 Å². The summed E-state index contributed by atoms with van der Waals surface area (Å²) >= 11 is 3.58. The van der Waals surface area contributed by atoms with Gasteiger partial charge in [0.25, 0.3) is 11.8 Å². The standard InChI is InChI=1S/C17H19N5O7S3/c1-27-21-10(8-5-32-16(18)19-8)12(23)20-17(30-2)14(26)22-11(13(24)25)7(4-31-15(17)22)9-3-28-6-29-9/h5,9,15H,3-4,6H2,1-2H3,(H2,18,19)(H,20,23)(H,24,25)/b21-10-/t9?,15-,17?/m0/s1. The van der Waals surface area contributed by atoms with Gasteiger partial charge < -0.3 is 30.5 Å². The molecule has 15 heteroatoms. The first kappa shape index (κ1) is 22.8. The predicted octanol–water partition coefficient (Wildman–Crippen LogP) is -0.122. The van der Waals surface area contributed by atoms with Gasteiger partial charge in [-0.25, -0.2) is 9.78 Å². The molecule has 0 saturated carbocycles. The van der Waals surface area contributed by atoms with E-state index in [4.69, 9.17) is 20.0 Å². The van der Waals surface area contributed by atoms with Crippen LogP contribution in [-0.4, -0.2) is 87.4 Å². The largest absolute Gasteiger partial charge is 0.477 e. The first-order valence-corrected chi connectivity index (χ1v) is 12.3. The molecule has 4 rings (SSSR count). The van der Waals surface area contributed by atoms with Crippen molar-refractivity contribution >= 4 is 63.5 Å². The third kappa shape index (κ3) is 3.63. The number of carboxylic acid groups (broad SMARTS) is 1. The van der Waals surface area contributed by atoms with Gasteiger partial charge in [0.15, 0.2) is 15.7 Å². The molecule has 3 aliphatic rings. The SMILES string of the molecule is CO/N=C(\C(=O)NC1(SC)C(=O)N2C(C(=O)O)=C(C3COCO3)CS[C@H]21)c1csc(N)n1. The Hall–Kier alpha value is -2.33. The molecule has 0 spiro atoms. The van der Waals surface area contributed by atoms with Crippen molar-refractivity contribution in [1.29, 1.82) is 0 Å². The molecule has 3 aliphatic heterocycles. The van der Waals surface area contributed by atoms with Crippen LogP contribution in [-0.2, 0) is 28.7 Å². The lowest BCUT2D eigenvalue weighted by Crippen LogP contribution is -2.78. The van der Waals surface area contributed by atoms with Crippen LogP contribution in [0.1, 0.15) is 5.69 Å². The van der Waals surface area contributed by atoms with E-state index >= 15 is 0 Å². The first-order valence-electron chi connectivity index (χ1n) is 9.15. The number of rotatable bonds is 7. The van der Waals surface area contributed by atoms with Gasteiger partial charge in [0.2, 0.25) is 0 Å². The summed E-state index contributed by atoms with van der Waals surface area (Å²) in [7, 11) is 1.28. The summed E-state index contributed by atoms with van der Waals surface area (Å²) in [5, 5.41) is 17.4. The number of carbonyl (C=O) groups excluding carboxylic acids is 2. The van der Waals surface area contributed by atoms with Crippen LogP contribution in [0.15, 0.2) is 21.8 Å². The third-order valence-corrected chi connectivity index (χ3v) is 8.38. The molecule has 2 saturated heterocycles. The Bertz CT molecular complexity index is 1020. The van der Waals surface area contributed by atoms with Gasteiger partial charge in [0.05, 0.1) is 6.61 Å². The van der Waals surface area contributed by atoms with Crippen LogP contribution in [0.25, 0.3) is 0 Å². The number of nitrogen functional groups attached to an aromatic ring is 1. The van der Waals surface area contributed by atoms with Crippen molar-refractivity contribution in [3.63, 3.8) is 0 Å². The Labute approximate surface area is 194 Å². The number of carboxylic acids is 1. The molecular weight excluding hydrogens is 482 g/mol. The van der Waals surface area contributed by atoms with Crippen LogP contribution >= 0.6 is 34.9 Å². The maximum Gasteiger partial charge on any atom is 0.352 e. The van der Waals surface area contributed by atoms with E-state index in [1.54, 1.807) is 11.6 Å². The number of aliphatic carboxylic acids is 1. The minimum atomic E-state index is -1.39. The molecule has 1 aromatic rings. The highest BCUT2D eigenvalue weighted by Gasteiger charge is 2.66. The molecular formula is C17H19N5O7S3. The average Bonchev–Trinajstić information content (AvgIpc) is 3.46. The number of nitrogens with two attached hydrogens (primary N) is 1. The van der Waals surface area contributed by atoms with Gasteiger partial charge in [0.1, 0.15) is 36.8 Å². The van der Waals surface area contributed by atoms with Gasteiger partial charge >= 0.3 is 5.97 Å². The number of β-lactam (4-membered cyclic amide) rings is 1. The van der Waals surface area contributed by atoms with Crippen molar-refractivity contribution in [2.45, 2.75) is 16.3 Å². The van der Waals surface area contributed by atoms with Crippen LogP contribution in [0.2, 0.25) is 0 Å². The van der Waals surface area contributed by atoms with Crippen molar-refractivity contribution < 1.29 is 33.8 Å². The molecule has 4 N–H and O–H groups in total. The summed E-state index contributed by atoms with van der Waals surface area (Å²) in [6.07, 6.45) is 1.13. The lowest BCUT2D eigenvalue weighted by atomic mass is 9.99. The van der Waals surface area contributed by atoms with E-state index in [9.17, 15) is 19.5 Å². The van der Waals surface area contributed by atoms with Gasteiger partial charge in [-0.05, 0) is 6.26 Å². The molecule has 32 heavy (non-hydrogen) atoms. The number of nitrogens with one attached hydrogen (secondary N) is 1. The Morgan fingerprint density at radius 3 is 2.88 bits per heavy atom.